The Balaban J connectivity index is 3.06. The molecule has 17 heavy (non-hydrogen) atoms. The smallest absolute Gasteiger partial charge is 0.413 e. The van der Waals surface area contributed by atoms with Gasteiger partial charge in [0.05, 0.1) is 18.1 Å². The molecule has 0 amide bonds. The summed E-state index contributed by atoms with van der Waals surface area (Å²) in [7, 11) is 1.10. The van der Waals surface area contributed by atoms with E-state index in [0.717, 1.165) is 19.2 Å². The van der Waals surface area contributed by atoms with Gasteiger partial charge in [-0.05, 0) is 12.1 Å². The van der Waals surface area contributed by atoms with E-state index >= 15 is 0 Å². The molecule has 0 aliphatic carbocycles. The van der Waals surface area contributed by atoms with E-state index in [9.17, 15) is 23.3 Å². The summed E-state index contributed by atoms with van der Waals surface area (Å²) in [6, 6.07) is 4.61. The SMILES string of the molecule is CO/C(=C/C(F)(F)F)c1ccc([N+](=O)[O-])cc1. The van der Waals surface area contributed by atoms with Crippen molar-refractivity contribution >= 4 is 11.4 Å². The zero-order chi connectivity index (χ0) is 13.1. The lowest BCUT2D eigenvalue weighted by atomic mass is 10.1. The van der Waals surface area contributed by atoms with Crippen LogP contribution in [-0.4, -0.2) is 18.2 Å². The van der Waals surface area contributed by atoms with Crippen molar-refractivity contribution in [1.82, 2.24) is 0 Å². The number of benzene rings is 1. The first-order chi connectivity index (χ1) is 7.83. The lowest BCUT2D eigenvalue weighted by Gasteiger charge is -2.07. The number of hydrogen-bond donors (Lipinski definition) is 0. The number of nitro benzene ring substituents is 1. The van der Waals surface area contributed by atoms with Gasteiger partial charge in [-0.1, -0.05) is 0 Å². The topological polar surface area (TPSA) is 52.4 Å². The highest BCUT2D eigenvalue weighted by Crippen LogP contribution is 2.25. The molecule has 0 aliphatic rings. The van der Waals surface area contributed by atoms with E-state index in [4.69, 9.17) is 0 Å². The number of nitrogens with zero attached hydrogens (tertiary/aromatic N) is 1. The standard InChI is InChI=1S/C10H8F3NO3/c1-17-9(6-10(11,12)13)7-2-4-8(5-3-7)14(15)16/h2-6H,1H3/b9-6+. The summed E-state index contributed by atoms with van der Waals surface area (Å²) in [4.78, 5) is 9.72. The molecular formula is C10H8F3NO3. The van der Waals surface area contributed by atoms with Crippen molar-refractivity contribution < 1.29 is 22.8 Å². The van der Waals surface area contributed by atoms with E-state index in [0.29, 0.717) is 0 Å². The lowest BCUT2D eigenvalue weighted by Crippen LogP contribution is -2.04. The molecule has 0 unspecified atom stereocenters. The van der Waals surface area contributed by atoms with Crippen LogP contribution in [0.3, 0.4) is 0 Å². The van der Waals surface area contributed by atoms with Crippen LogP contribution < -0.4 is 0 Å². The van der Waals surface area contributed by atoms with Gasteiger partial charge in [-0.25, -0.2) is 0 Å². The summed E-state index contributed by atoms with van der Waals surface area (Å²) in [5.41, 5.74) is -0.0772. The third kappa shape index (κ3) is 3.78. The van der Waals surface area contributed by atoms with Crippen molar-refractivity contribution in [1.29, 1.82) is 0 Å². The lowest BCUT2D eigenvalue weighted by molar-refractivity contribution is -0.384. The van der Waals surface area contributed by atoms with Crippen LogP contribution in [0.1, 0.15) is 5.56 Å². The van der Waals surface area contributed by atoms with Gasteiger partial charge in [0.1, 0.15) is 5.76 Å². The van der Waals surface area contributed by atoms with E-state index in [1.165, 1.54) is 12.1 Å². The van der Waals surface area contributed by atoms with Gasteiger partial charge in [0.2, 0.25) is 0 Å². The Labute approximate surface area is 94.5 Å². The van der Waals surface area contributed by atoms with Gasteiger partial charge in [-0.2, -0.15) is 13.2 Å². The number of nitro groups is 1. The number of ether oxygens (including phenoxy) is 1. The minimum atomic E-state index is -4.51. The van der Waals surface area contributed by atoms with Crippen molar-refractivity contribution in [2.24, 2.45) is 0 Å². The molecule has 1 rings (SSSR count). The Morgan fingerprint density at radius 1 is 1.35 bits per heavy atom. The number of methoxy groups -OCH3 is 1. The number of alkyl halides is 3. The van der Waals surface area contributed by atoms with Crippen molar-refractivity contribution in [3.05, 3.63) is 46.0 Å². The summed E-state index contributed by atoms with van der Waals surface area (Å²) in [6.45, 7) is 0. The van der Waals surface area contributed by atoms with Crippen LogP contribution in [-0.2, 0) is 4.74 Å². The maximum atomic E-state index is 12.1. The van der Waals surface area contributed by atoms with Crippen molar-refractivity contribution in [3.63, 3.8) is 0 Å². The summed E-state index contributed by atoms with van der Waals surface area (Å²) < 4.78 is 40.9. The fraction of sp³-hybridized carbons (Fsp3) is 0.200. The molecule has 0 bridgehead atoms. The minimum Gasteiger partial charge on any atom is -0.496 e. The number of halogens is 3. The minimum absolute atomic E-state index is 0.00579. The van der Waals surface area contributed by atoms with E-state index in [1.807, 2.05) is 0 Å². The Hall–Kier alpha value is -2.05. The van der Waals surface area contributed by atoms with Crippen LogP contribution in [0.4, 0.5) is 18.9 Å². The summed E-state index contributed by atoms with van der Waals surface area (Å²) in [6.07, 6.45) is -4.51. The van der Waals surface area contributed by atoms with E-state index in [2.05, 4.69) is 4.74 Å². The maximum absolute atomic E-state index is 12.1. The van der Waals surface area contributed by atoms with Crippen molar-refractivity contribution in [2.45, 2.75) is 6.18 Å². The molecule has 4 nitrogen and oxygen atoms in total. The van der Waals surface area contributed by atoms with Gasteiger partial charge in [0.25, 0.3) is 5.69 Å². The third-order valence-electron chi connectivity index (χ3n) is 1.88. The quantitative estimate of drug-likeness (QED) is 0.468. The average molecular weight is 247 g/mol. The molecule has 1 aromatic rings. The second-order valence-corrected chi connectivity index (χ2v) is 3.06. The van der Waals surface area contributed by atoms with Crippen LogP contribution in [0.5, 0.6) is 0 Å². The molecular weight excluding hydrogens is 239 g/mol. The Bertz CT molecular complexity index is 437. The molecule has 0 N–H and O–H groups in total. The fourth-order valence-corrected chi connectivity index (χ4v) is 1.16. The zero-order valence-corrected chi connectivity index (χ0v) is 8.69. The molecule has 0 fully saturated rings. The number of rotatable bonds is 3. The normalized spacial score (nSPS) is 12.4. The molecule has 92 valence electrons. The Morgan fingerprint density at radius 3 is 2.24 bits per heavy atom. The summed E-state index contributed by atoms with van der Waals surface area (Å²) in [5.74, 6) is -0.396. The van der Waals surface area contributed by atoms with Gasteiger partial charge in [-0.15, -0.1) is 0 Å². The second kappa shape index (κ2) is 4.86. The Kier molecular flexibility index (Phi) is 3.72. The van der Waals surface area contributed by atoms with E-state index < -0.39 is 16.9 Å². The molecule has 0 aliphatic heterocycles. The molecule has 0 atom stereocenters. The van der Waals surface area contributed by atoms with Crippen LogP contribution in [0.25, 0.3) is 5.76 Å². The maximum Gasteiger partial charge on any atom is 0.413 e. The van der Waals surface area contributed by atoms with Crippen LogP contribution >= 0.6 is 0 Å². The third-order valence-corrected chi connectivity index (χ3v) is 1.88. The van der Waals surface area contributed by atoms with E-state index in [-0.39, 0.29) is 17.3 Å². The highest BCUT2D eigenvalue weighted by molar-refractivity contribution is 5.61. The molecule has 0 radical (unpaired) electrons. The summed E-state index contributed by atoms with van der Waals surface area (Å²) >= 11 is 0. The number of hydrogen-bond acceptors (Lipinski definition) is 3. The largest absolute Gasteiger partial charge is 0.496 e. The first kappa shape index (κ1) is 13.0. The van der Waals surface area contributed by atoms with Crippen molar-refractivity contribution in [3.8, 4) is 0 Å². The first-order valence-electron chi connectivity index (χ1n) is 4.42. The molecule has 0 spiro atoms. The highest BCUT2D eigenvalue weighted by atomic mass is 19.4. The summed E-state index contributed by atoms with van der Waals surface area (Å²) in [5, 5.41) is 10.4. The van der Waals surface area contributed by atoms with Gasteiger partial charge in [0.15, 0.2) is 0 Å². The molecule has 0 saturated carbocycles. The molecule has 0 heterocycles. The van der Waals surface area contributed by atoms with Gasteiger partial charge >= 0.3 is 6.18 Å². The van der Waals surface area contributed by atoms with Crippen LogP contribution in [0, 0.1) is 10.1 Å². The monoisotopic (exact) mass is 247 g/mol. The number of non-ortho nitro benzene ring substituents is 1. The zero-order valence-electron chi connectivity index (χ0n) is 8.69. The Morgan fingerprint density at radius 2 is 1.88 bits per heavy atom. The number of allylic oxidation sites excluding steroid dienone is 1. The molecule has 0 aromatic heterocycles. The van der Waals surface area contributed by atoms with E-state index in [1.54, 1.807) is 0 Å². The fourth-order valence-electron chi connectivity index (χ4n) is 1.16. The first-order valence-corrected chi connectivity index (χ1v) is 4.42. The van der Waals surface area contributed by atoms with Crippen LogP contribution in [0.15, 0.2) is 30.3 Å². The van der Waals surface area contributed by atoms with Gasteiger partial charge in [0, 0.05) is 17.7 Å². The second-order valence-electron chi connectivity index (χ2n) is 3.06. The van der Waals surface area contributed by atoms with Gasteiger partial charge in [-0.3, -0.25) is 10.1 Å². The molecule has 7 heteroatoms. The van der Waals surface area contributed by atoms with Crippen LogP contribution in [0.2, 0.25) is 0 Å². The van der Waals surface area contributed by atoms with Gasteiger partial charge < -0.3 is 4.74 Å². The molecule has 1 aromatic carbocycles. The predicted octanol–water partition coefficient (Wildman–Crippen LogP) is 3.14. The average Bonchev–Trinajstić information content (AvgIpc) is 2.25. The molecule has 0 saturated heterocycles. The predicted molar refractivity (Wildman–Crippen MR) is 54.1 cm³/mol. The van der Waals surface area contributed by atoms with Crippen molar-refractivity contribution in [2.75, 3.05) is 7.11 Å². The highest BCUT2D eigenvalue weighted by Gasteiger charge is 2.25.